The summed E-state index contributed by atoms with van der Waals surface area (Å²) in [5, 5.41) is 0. The maximum absolute atomic E-state index is 11.1. The van der Waals surface area contributed by atoms with Crippen molar-refractivity contribution in [2.75, 3.05) is 12.9 Å². The van der Waals surface area contributed by atoms with E-state index in [-0.39, 0.29) is 11.8 Å². The Bertz CT molecular complexity index is 300. The van der Waals surface area contributed by atoms with Gasteiger partial charge in [-0.2, -0.15) is 0 Å². The third kappa shape index (κ3) is 2.67. The smallest absolute Gasteiger partial charge is 0.237 e. The standard InChI is InChI=1S/C8H11ClN2OS/c1-6-7(13-5-10-6)4-11(2)8(12)3-9/h5H,3-4H2,1-2H3. The van der Waals surface area contributed by atoms with Crippen molar-refractivity contribution >= 4 is 28.8 Å². The molecule has 0 saturated heterocycles. The zero-order chi connectivity index (χ0) is 9.84. The van der Waals surface area contributed by atoms with Crippen LogP contribution in [0.25, 0.3) is 0 Å². The number of hydrogen-bond donors (Lipinski definition) is 0. The van der Waals surface area contributed by atoms with Crippen molar-refractivity contribution in [1.82, 2.24) is 9.88 Å². The quantitative estimate of drug-likeness (QED) is 0.723. The third-order valence-electron chi connectivity index (χ3n) is 1.77. The number of aromatic nitrogens is 1. The van der Waals surface area contributed by atoms with Crippen molar-refractivity contribution in [3.63, 3.8) is 0 Å². The van der Waals surface area contributed by atoms with Crippen molar-refractivity contribution in [1.29, 1.82) is 0 Å². The van der Waals surface area contributed by atoms with Crippen molar-refractivity contribution in [3.8, 4) is 0 Å². The first-order chi connectivity index (χ1) is 6.15. The second-order valence-corrected chi connectivity index (χ2v) is 3.95. The maximum Gasteiger partial charge on any atom is 0.237 e. The average molecular weight is 219 g/mol. The van der Waals surface area contributed by atoms with E-state index < -0.39 is 0 Å². The van der Waals surface area contributed by atoms with Crippen molar-refractivity contribution < 1.29 is 4.79 Å². The van der Waals surface area contributed by atoms with Gasteiger partial charge in [-0.15, -0.1) is 22.9 Å². The highest BCUT2D eigenvalue weighted by Gasteiger charge is 2.10. The lowest BCUT2D eigenvalue weighted by Crippen LogP contribution is -2.26. The lowest BCUT2D eigenvalue weighted by molar-refractivity contribution is -0.127. The second-order valence-electron chi connectivity index (χ2n) is 2.74. The molecule has 0 unspecified atom stereocenters. The normalized spacial score (nSPS) is 10.1. The van der Waals surface area contributed by atoms with Gasteiger partial charge < -0.3 is 4.90 Å². The molecule has 1 aromatic heterocycles. The Kier molecular flexibility index (Phi) is 3.69. The van der Waals surface area contributed by atoms with Crippen molar-refractivity contribution in [2.45, 2.75) is 13.5 Å². The van der Waals surface area contributed by atoms with Crippen LogP contribution in [0.4, 0.5) is 0 Å². The molecule has 1 amide bonds. The number of halogens is 1. The molecular weight excluding hydrogens is 208 g/mol. The summed E-state index contributed by atoms with van der Waals surface area (Å²) in [5.74, 6) is -0.0246. The number of thiazole rings is 1. The number of hydrogen-bond acceptors (Lipinski definition) is 3. The average Bonchev–Trinajstić information content (AvgIpc) is 2.50. The van der Waals surface area contributed by atoms with E-state index in [1.165, 1.54) is 0 Å². The molecule has 0 aromatic carbocycles. The Morgan fingerprint density at radius 2 is 2.46 bits per heavy atom. The molecule has 0 bridgehead atoms. The summed E-state index contributed by atoms with van der Waals surface area (Å²) in [6.07, 6.45) is 0. The van der Waals surface area contributed by atoms with Gasteiger partial charge in [0.25, 0.3) is 0 Å². The highest BCUT2D eigenvalue weighted by atomic mass is 35.5. The molecule has 0 spiro atoms. The molecule has 5 heteroatoms. The zero-order valence-electron chi connectivity index (χ0n) is 7.58. The highest BCUT2D eigenvalue weighted by Crippen LogP contribution is 2.14. The summed E-state index contributed by atoms with van der Waals surface area (Å²) in [7, 11) is 1.74. The van der Waals surface area contributed by atoms with E-state index in [1.54, 1.807) is 28.8 Å². The van der Waals surface area contributed by atoms with Gasteiger partial charge in [0.05, 0.1) is 17.7 Å². The first kappa shape index (κ1) is 10.5. The molecule has 0 fully saturated rings. The second kappa shape index (κ2) is 4.58. The van der Waals surface area contributed by atoms with Crippen LogP contribution in [-0.4, -0.2) is 28.7 Å². The number of amides is 1. The van der Waals surface area contributed by atoms with Gasteiger partial charge in [-0.25, -0.2) is 4.98 Å². The Morgan fingerprint density at radius 1 is 1.77 bits per heavy atom. The van der Waals surface area contributed by atoms with Crippen molar-refractivity contribution in [2.24, 2.45) is 0 Å². The van der Waals surface area contributed by atoms with Crippen LogP contribution in [0.1, 0.15) is 10.6 Å². The summed E-state index contributed by atoms with van der Waals surface area (Å²) >= 11 is 6.98. The van der Waals surface area contributed by atoms with Crippen molar-refractivity contribution in [3.05, 3.63) is 16.1 Å². The molecule has 0 radical (unpaired) electrons. The molecule has 0 aliphatic heterocycles. The molecule has 13 heavy (non-hydrogen) atoms. The van der Waals surface area contributed by atoms with Gasteiger partial charge in [-0.1, -0.05) is 0 Å². The topological polar surface area (TPSA) is 33.2 Å². The van der Waals surface area contributed by atoms with Crippen LogP contribution in [-0.2, 0) is 11.3 Å². The Hall–Kier alpha value is -0.610. The molecule has 1 rings (SSSR count). The zero-order valence-corrected chi connectivity index (χ0v) is 9.15. The van der Waals surface area contributed by atoms with Gasteiger partial charge in [0.2, 0.25) is 5.91 Å². The van der Waals surface area contributed by atoms with Gasteiger partial charge in [-0.3, -0.25) is 4.79 Å². The molecule has 0 aliphatic carbocycles. The minimum atomic E-state index is -0.0607. The number of aryl methyl sites for hydroxylation is 1. The molecule has 0 atom stereocenters. The Morgan fingerprint density at radius 3 is 2.92 bits per heavy atom. The Balaban J connectivity index is 2.59. The fourth-order valence-corrected chi connectivity index (χ4v) is 1.92. The van der Waals surface area contributed by atoms with E-state index in [4.69, 9.17) is 11.6 Å². The third-order valence-corrected chi connectivity index (χ3v) is 2.91. The number of nitrogens with zero attached hydrogens (tertiary/aromatic N) is 2. The molecule has 3 nitrogen and oxygen atoms in total. The molecule has 72 valence electrons. The largest absolute Gasteiger partial charge is 0.340 e. The van der Waals surface area contributed by atoms with Crippen LogP contribution in [0.2, 0.25) is 0 Å². The van der Waals surface area contributed by atoms with Gasteiger partial charge in [0, 0.05) is 11.9 Å². The molecule has 0 N–H and O–H groups in total. The van der Waals surface area contributed by atoms with Crippen LogP contribution in [0.3, 0.4) is 0 Å². The van der Waals surface area contributed by atoms with E-state index >= 15 is 0 Å². The molecular formula is C8H11ClN2OS. The molecule has 1 aromatic rings. The van der Waals surface area contributed by atoms with Crippen LogP contribution in [0.5, 0.6) is 0 Å². The summed E-state index contributed by atoms with van der Waals surface area (Å²) in [5.41, 5.74) is 2.77. The van der Waals surface area contributed by atoms with Crippen LogP contribution in [0, 0.1) is 6.92 Å². The van der Waals surface area contributed by atoms with E-state index in [0.29, 0.717) is 6.54 Å². The van der Waals surface area contributed by atoms with E-state index in [1.807, 2.05) is 6.92 Å². The number of rotatable bonds is 3. The molecule has 1 heterocycles. The summed E-state index contributed by atoms with van der Waals surface area (Å²) in [4.78, 5) is 17.9. The monoisotopic (exact) mass is 218 g/mol. The minimum absolute atomic E-state index is 0.0361. The number of carbonyl (C=O) groups is 1. The fourth-order valence-electron chi connectivity index (χ4n) is 0.884. The SMILES string of the molecule is Cc1ncsc1CN(C)C(=O)CCl. The highest BCUT2D eigenvalue weighted by molar-refractivity contribution is 7.09. The summed E-state index contributed by atoms with van der Waals surface area (Å²) < 4.78 is 0. The van der Waals surface area contributed by atoms with Crippen LogP contribution >= 0.6 is 22.9 Å². The van der Waals surface area contributed by atoms with Crippen LogP contribution < -0.4 is 0 Å². The van der Waals surface area contributed by atoms with Gasteiger partial charge in [0.1, 0.15) is 5.88 Å². The predicted molar refractivity (Wildman–Crippen MR) is 54.0 cm³/mol. The number of carbonyl (C=O) groups excluding carboxylic acids is 1. The number of alkyl halides is 1. The molecule has 0 aliphatic rings. The summed E-state index contributed by atoms with van der Waals surface area (Å²) in [6.45, 7) is 2.53. The first-order valence-electron chi connectivity index (χ1n) is 3.84. The first-order valence-corrected chi connectivity index (χ1v) is 5.25. The Labute approximate surface area is 86.3 Å². The van der Waals surface area contributed by atoms with E-state index in [0.717, 1.165) is 10.6 Å². The lowest BCUT2D eigenvalue weighted by atomic mass is 10.3. The molecule has 0 saturated carbocycles. The van der Waals surface area contributed by atoms with E-state index in [2.05, 4.69) is 4.98 Å². The van der Waals surface area contributed by atoms with Gasteiger partial charge in [-0.05, 0) is 6.92 Å². The fraction of sp³-hybridized carbons (Fsp3) is 0.500. The maximum atomic E-state index is 11.1. The van der Waals surface area contributed by atoms with Gasteiger partial charge in [0.15, 0.2) is 0 Å². The predicted octanol–water partition coefficient (Wildman–Crippen LogP) is 1.65. The summed E-state index contributed by atoms with van der Waals surface area (Å²) in [6, 6.07) is 0. The minimum Gasteiger partial charge on any atom is -0.340 e. The lowest BCUT2D eigenvalue weighted by Gasteiger charge is -2.14. The van der Waals surface area contributed by atoms with Crippen LogP contribution in [0.15, 0.2) is 5.51 Å². The van der Waals surface area contributed by atoms with E-state index in [9.17, 15) is 4.79 Å². The van der Waals surface area contributed by atoms with Gasteiger partial charge >= 0.3 is 0 Å².